The molecule has 120 valence electrons. The first-order chi connectivity index (χ1) is 11.1. The van der Waals surface area contributed by atoms with Gasteiger partial charge in [-0.15, -0.1) is 0 Å². The van der Waals surface area contributed by atoms with Gasteiger partial charge in [0, 0.05) is 30.6 Å². The van der Waals surface area contributed by atoms with Gasteiger partial charge in [0.1, 0.15) is 0 Å². The molecule has 1 aliphatic carbocycles. The highest BCUT2D eigenvalue weighted by molar-refractivity contribution is 5.98. The van der Waals surface area contributed by atoms with Crippen LogP contribution in [0.2, 0.25) is 0 Å². The summed E-state index contributed by atoms with van der Waals surface area (Å²) in [7, 11) is 0. The first-order valence-electron chi connectivity index (χ1n) is 7.88. The van der Waals surface area contributed by atoms with Gasteiger partial charge in [0.25, 0.3) is 0 Å². The molecule has 1 aromatic rings. The van der Waals surface area contributed by atoms with Crippen LogP contribution in [-0.2, 0) is 10.5 Å². The number of guanidine groups is 1. The van der Waals surface area contributed by atoms with Crippen LogP contribution in [-0.4, -0.2) is 24.8 Å². The van der Waals surface area contributed by atoms with Crippen molar-refractivity contribution in [3.63, 3.8) is 0 Å². The number of benzene rings is 1. The summed E-state index contributed by atoms with van der Waals surface area (Å²) < 4.78 is 15.1. The highest BCUT2D eigenvalue weighted by Crippen LogP contribution is 2.36. The lowest BCUT2D eigenvalue weighted by Crippen LogP contribution is -2.26. The van der Waals surface area contributed by atoms with E-state index in [1.54, 1.807) is 24.3 Å². The predicted octanol–water partition coefficient (Wildman–Crippen LogP) is 3.09. The van der Waals surface area contributed by atoms with Gasteiger partial charge in [-0.2, -0.15) is 0 Å². The minimum absolute atomic E-state index is 0.0488. The molecule has 1 aliphatic heterocycles. The zero-order valence-corrected chi connectivity index (χ0v) is 13.1. The Morgan fingerprint density at radius 3 is 2.74 bits per heavy atom. The van der Waals surface area contributed by atoms with E-state index in [0.717, 1.165) is 24.7 Å². The van der Waals surface area contributed by atoms with Crippen molar-refractivity contribution in [2.24, 2.45) is 4.99 Å². The van der Waals surface area contributed by atoms with Crippen LogP contribution in [0.25, 0.3) is 0 Å². The molecule has 4 nitrogen and oxygen atoms in total. The molecule has 5 heteroatoms. The second-order valence-corrected chi connectivity index (χ2v) is 5.70. The number of Topliss-reactive ketones (excluding diaryl/α,β-unsaturated/α-hetero) is 1. The van der Waals surface area contributed by atoms with Crippen molar-refractivity contribution in [2.45, 2.75) is 25.4 Å². The molecule has 2 N–H and O–H groups in total. The molecular formula is C18H20FN3O. The van der Waals surface area contributed by atoms with Crippen LogP contribution < -0.4 is 10.6 Å². The summed E-state index contributed by atoms with van der Waals surface area (Å²) in [6.07, 6.45) is 5.40. The molecule has 1 unspecified atom stereocenters. The van der Waals surface area contributed by atoms with E-state index < -0.39 is 5.67 Å². The molecular weight excluding hydrogens is 293 g/mol. The maximum atomic E-state index is 15.1. The van der Waals surface area contributed by atoms with E-state index in [9.17, 15) is 4.79 Å². The summed E-state index contributed by atoms with van der Waals surface area (Å²) in [6.45, 7) is 3.41. The second-order valence-electron chi connectivity index (χ2n) is 5.70. The van der Waals surface area contributed by atoms with Crippen molar-refractivity contribution in [2.75, 3.05) is 18.4 Å². The summed E-state index contributed by atoms with van der Waals surface area (Å²) >= 11 is 0. The minimum Gasteiger partial charge on any atom is -0.354 e. The Bertz CT molecular complexity index is 691. The Kier molecular flexibility index (Phi) is 4.28. The summed E-state index contributed by atoms with van der Waals surface area (Å²) in [6, 6.07) is 7.21. The molecule has 0 bridgehead atoms. The quantitative estimate of drug-likeness (QED) is 0.898. The Balaban J connectivity index is 1.71. The fourth-order valence-electron chi connectivity index (χ4n) is 2.69. The zero-order valence-electron chi connectivity index (χ0n) is 13.1. The predicted molar refractivity (Wildman–Crippen MR) is 90.3 cm³/mol. The molecule has 0 saturated heterocycles. The number of alkyl halides is 1. The molecule has 1 heterocycles. The molecule has 0 fully saturated rings. The Hall–Kier alpha value is -2.43. The van der Waals surface area contributed by atoms with E-state index >= 15 is 4.39 Å². The molecule has 0 amide bonds. The van der Waals surface area contributed by atoms with E-state index in [1.165, 1.54) is 6.08 Å². The normalized spacial score (nSPS) is 23.0. The van der Waals surface area contributed by atoms with Crippen molar-refractivity contribution in [3.8, 4) is 0 Å². The lowest BCUT2D eigenvalue weighted by molar-refractivity contribution is -0.115. The van der Waals surface area contributed by atoms with E-state index in [4.69, 9.17) is 0 Å². The highest BCUT2D eigenvalue weighted by Gasteiger charge is 2.30. The van der Waals surface area contributed by atoms with Crippen molar-refractivity contribution in [1.82, 2.24) is 5.32 Å². The van der Waals surface area contributed by atoms with Crippen molar-refractivity contribution in [1.29, 1.82) is 0 Å². The number of hydrogen-bond acceptors (Lipinski definition) is 4. The number of nitrogens with one attached hydrogen (secondary N) is 2. The van der Waals surface area contributed by atoms with Gasteiger partial charge < -0.3 is 10.6 Å². The third kappa shape index (κ3) is 3.33. The van der Waals surface area contributed by atoms with E-state index in [0.29, 0.717) is 17.6 Å². The zero-order chi connectivity index (χ0) is 16.3. The van der Waals surface area contributed by atoms with Gasteiger partial charge in [-0.05, 0) is 23.8 Å². The van der Waals surface area contributed by atoms with E-state index in [-0.39, 0.29) is 12.2 Å². The van der Waals surface area contributed by atoms with Crippen LogP contribution in [0.5, 0.6) is 0 Å². The van der Waals surface area contributed by atoms with Crippen molar-refractivity contribution in [3.05, 3.63) is 53.6 Å². The number of allylic oxidation sites excluding steroid dienone is 4. The van der Waals surface area contributed by atoms with Crippen LogP contribution >= 0.6 is 0 Å². The standard InChI is InChI=1S/C18H20FN3O/c1-2-16(23)13-7-9-18(19,10-8-13)14-3-5-15(6-4-14)22-17-20-11-12-21-17/h3-9H,2,10-12H2,1H3,(H2,20,21,22). The van der Waals surface area contributed by atoms with Gasteiger partial charge in [0.05, 0.1) is 6.54 Å². The van der Waals surface area contributed by atoms with E-state index in [2.05, 4.69) is 15.6 Å². The molecule has 23 heavy (non-hydrogen) atoms. The number of nitrogens with zero attached hydrogens (tertiary/aromatic N) is 1. The van der Waals surface area contributed by atoms with Crippen molar-refractivity contribution >= 4 is 17.4 Å². The van der Waals surface area contributed by atoms with Crippen LogP contribution in [0.3, 0.4) is 0 Å². The fraction of sp³-hybridized carbons (Fsp3) is 0.333. The number of ketones is 1. The lowest BCUT2D eigenvalue weighted by Gasteiger charge is -2.24. The van der Waals surface area contributed by atoms with Gasteiger partial charge in [-0.1, -0.05) is 31.2 Å². The molecule has 2 aliphatic rings. The SMILES string of the molecule is CCC(=O)C1=CCC(F)(c2ccc(NC3=NCCN3)cc2)C=C1. The number of carbonyl (C=O) groups is 1. The van der Waals surface area contributed by atoms with Gasteiger partial charge in [0.2, 0.25) is 0 Å². The average molecular weight is 313 g/mol. The van der Waals surface area contributed by atoms with Gasteiger partial charge in [0.15, 0.2) is 17.4 Å². The summed E-state index contributed by atoms with van der Waals surface area (Å²) in [5, 5.41) is 6.28. The number of carbonyl (C=O) groups excluding carboxylic acids is 1. The van der Waals surface area contributed by atoms with Gasteiger partial charge in [-0.25, -0.2) is 4.39 Å². The van der Waals surface area contributed by atoms with Gasteiger partial charge >= 0.3 is 0 Å². The largest absolute Gasteiger partial charge is 0.354 e. The average Bonchev–Trinajstić information content (AvgIpc) is 3.08. The lowest BCUT2D eigenvalue weighted by atomic mass is 9.86. The Morgan fingerprint density at radius 1 is 1.39 bits per heavy atom. The first kappa shape index (κ1) is 15.5. The highest BCUT2D eigenvalue weighted by atomic mass is 19.1. The Labute approximate surface area is 135 Å². The summed E-state index contributed by atoms with van der Waals surface area (Å²) in [4.78, 5) is 15.9. The van der Waals surface area contributed by atoms with E-state index in [1.807, 2.05) is 19.1 Å². The van der Waals surface area contributed by atoms with Crippen LogP contribution in [0.4, 0.5) is 10.1 Å². The maximum Gasteiger partial charge on any atom is 0.195 e. The minimum atomic E-state index is -1.56. The third-order valence-corrected chi connectivity index (χ3v) is 4.09. The smallest absolute Gasteiger partial charge is 0.195 e. The maximum absolute atomic E-state index is 15.1. The molecule has 1 atom stereocenters. The molecule has 3 rings (SSSR count). The molecule has 1 aromatic carbocycles. The topological polar surface area (TPSA) is 53.5 Å². The molecule has 0 saturated carbocycles. The number of rotatable bonds is 4. The third-order valence-electron chi connectivity index (χ3n) is 4.09. The molecule has 0 aromatic heterocycles. The summed E-state index contributed by atoms with van der Waals surface area (Å²) in [5.41, 5.74) is 0.492. The fourth-order valence-corrected chi connectivity index (χ4v) is 2.69. The second kappa shape index (κ2) is 6.36. The van der Waals surface area contributed by atoms with Crippen LogP contribution in [0.1, 0.15) is 25.3 Å². The van der Waals surface area contributed by atoms with Crippen LogP contribution in [0, 0.1) is 0 Å². The Morgan fingerprint density at radius 2 is 2.17 bits per heavy atom. The number of anilines is 1. The first-order valence-corrected chi connectivity index (χ1v) is 7.88. The van der Waals surface area contributed by atoms with Gasteiger partial charge in [-0.3, -0.25) is 9.79 Å². The van der Waals surface area contributed by atoms with Crippen molar-refractivity contribution < 1.29 is 9.18 Å². The number of halogens is 1. The molecule has 0 radical (unpaired) electrons. The van der Waals surface area contributed by atoms with Crippen LogP contribution in [0.15, 0.2) is 53.1 Å². The molecule has 0 spiro atoms. The number of aliphatic imine (C=N–C) groups is 1. The monoisotopic (exact) mass is 313 g/mol. The summed E-state index contributed by atoms with van der Waals surface area (Å²) in [5.74, 6) is 0.795. The number of hydrogen-bond donors (Lipinski definition) is 2.